The fourth-order valence-electron chi connectivity index (χ4n) is 1.26. The molecule has 0 bridgehead atoms. The van der Waals surface area contributed by atoms with E-state index >= 15 is 0 Å². The number of carbonyl (C=O) groups is 2. The van der Waals surface area contributed by atoms with Gasteiger partial charge >= 0.3 is 0 Å². The van der Waals surface area contributed by atoms with E-state index in [4.69, 9.17) is 11.6 Å². The molecular formula is C11H13ClN2O2. The average Bonchev–Trinajstić information content (AvgIpc) is 2.16. The minimum absolute atomic E-state index is 0.214. The molecule has 0 radical (unpaired) electrons. The molecule has 0 saturated carbocycles. The summed E-state index contributed by atoms with van der Waals surface area (Å²) in [6.07, 6.45) is -0.521. The lowest BCUT2D eigenvalue weighted by molar-refractivity contribution is -0.122. The zero-order valence-electron chi connectivity index (χ0n) is 9.08. The average molecular weight is 241 g/mol. The Morgan fingerprint density at radius 3 is 1.88 bits per heavy atom. The minimum Gasteiger partial charge on any atom is -0.332 e. The fourth-order valence-corrected chi connectivity index (χ4v) is 1.39. The van der Waals surface area contributed by atoms with Crippen molar-refractivity contribution in [2.45, 2.75) is 20.0 Å². The topological polar surface area (TPSA) is 58.2 Å². The van der Waals surface area contributed by atoms with Gasteiger partial charge in [0.15, 0.2) is 0 Å². The highest BCUT2D eigenvalue weighted by Crippen LogP contribution is 2.14. The third-order valence-corrected chi connectivity index (χ3v) is 2.15. The number of rotatable bonds is 3. The molecule has 0 aliphatic heterocycles. The summed E-state index contributed by atoms with van der Waals surface area (Å²) in [6.45, 7) is 2.79. The van der Waals surface area contributed by atoms with Crippen LogP contribution >= 0.6 is 11.6 Å². The third kappa shape index (κ3) is 3.90. The molecule has 0 aliphatic carbocycles. The predicted octanol–water partition coefficient (Wildman–Crippen LogP) is 1.61. The maximum atomic E-state index is 11.0. The molecule has 1 rings (SSSR count). The zero-order chi connectivity index (χ0) is 12.1. The Balaban J connectivity index is 2.86. The first kappa shape index (κ1) is 12.5. The first-order valence-electron chi connectivity index (χ1n) is 4.78. The number of amides is 2. The van der Waals surface area contributed by atoms with Crippen LogP contribution in [0, 0.1) is 0 Å². The van der Waals surface area contributed by atoms with Crippen LogP contribution in [0.15, 0.2) is 24.3 Å². The van der Waals surface area contributed by atoms with E-state index in [1.165, 1.54) is 13.8 Å². The standard InChI is InChI=1S/C11H13ClN2O2/c1-7(15)13-11(14-8(2)16)9-3-5-10(12)6-4-9/h3-6,11H,1-2H3,(H,13,15)(H,14,16). The van der Waals surface area contributed by atoms with Crippen molar-refractivity contribution in [2.75, 3.05) is 0 Å². The van der Waals surface area contributed by atoms with E-state index in [1.807, 2.05) is 0 Å². The molecule has 0 fully saturated rings. The van der Waals surface area contributed by atoms with Crippen molar-refractivity contribution in [1.82, 2.24) is 10.6 Å². The molecule has 0 aromatic heterocycles. The summed E-state index contributed by atoms with van der Waals surface area (Å²) in [5.74, 6) is -0.428. The summed E-state index contributed by atoms with van der Waals surface area (Å²) < 4.78 is 0. The summed E-state index contributed by atoms with van der Waals surface area (Å²) >= 11 is 5.75. The first-order chi connectivity index (χ1) is 7.49. The molecule has 0 unspecified atom stereocenters. The van der Waals surface area contributed by atoms with Crippen molar-refractivity contribution in [3.8, 4) is 0 Å². The van der Waals surface area contributed by atoms with Gasteiger partial charge in [-0.3, -0.25) is 9.59 Å². The Hall–Kier alpha value is -1.55. The van der Waals surface area contributed by atoms with Gasteiger partial charge in [0.1, 0.15) is 6.17 Å². The van der Waals surface area contributed by atoms with Crippen LogP contribution in [-0.4, -0.2) is 11.8 Å². The van der Waals surface area contributed by atoms with Gasteiger partial charge in [0.05, 0.1) is 0 Å². The van der Waals surface area contributed by atoms with E-state index in [9.17, 15) is 9.59 Å². The lowest BCUT2D eigenvalue weighted by Gasteiger charge is -2.18. The summed E-state index contributed by atoms with van der Waals surface area (Å²) in [4.78, 5) is 22.0. The molecular weight excluding hydrogens is 228 g/mol. The van der Waals surface area contributed by atoms with E-state index in [2.05, 4.69) is 10.6 Å². The van der Waals surface area contributed by atoms with E-state index in [0.717, 1.165) is 5.56 Å². The Kier molecular flexibility index (Phi) is 4.31. The number of halogens is 1. The zero-order valence-corrected chi connectivity index (χ0v) is 9.84. The van der Waals surface area contributed by atoms with Crippen LogP contribution in [0.1, 0.15) is 25.6 Å². The molecule has 1 aromatic carbocycles. The van der Waals surface area contributed by atoms with Crippen LogP contribution in [0.2, 0.25) is 5.02 Å². The maximum absolute atomic E-state index is 11.0. The molecule has 5 heteroatoms. The third-order valence-electron chi connectivity index (χ3n) is 1.90. The lowest BCUT2D eigenvalue weighted by Crippen LogP contribution is -2.39. The summed E-state index contributed by atoms with van der Waals surface area (Å²) in [5.41, 5.74) is 0.773. The fraction of sp³-hybridized carbons (Fsp3) is 0.273. The van der Waals surface area contributed by atoms with Gasteiger partial charge in [0.25, 0.3) is 0 Å². The molecule has 1 aromatic rings. The second kappa shape index (κ2) is 5.51. The van der Waals surface area contributed by atoms with E-state index < -0.39 is 6.17 Å². The van der Waals surface area contributed by atoms with Gasteiger partial charge in [-0.15, -0.1) is 0 Å². The minimum atomic E-state index is -0.521. The largest absolute Gasteiger partial charge is 0.332 e. The molecule has 2 amide bonds. The quantitative estimate of drug-likeness (QED) is 0.789. The first-order valence-corrected chi connectivity index (χ1v) is 5.16. The smallest absolute Gasteiger partial charge is 0.218 e. The highest BCUT2D eigenvalue weighted by molar-refractivity contribution is 6.30. The van der Waals surface area contributed by atoms with Crippen LogP contribution in [0.25, 0.3) is 0 Å². The number of nitrogens with one attached hydrogen (secondary N) is 2. The second-order valence-electron chi connectivity index (χ2n) is 3.39. The SMILES string of the molecule is CC(=O)NC(NC(C)=O)c1ccc(Cl)cc1. The van der Waals surface area contributed by atoms with Gasteiger partial charge in [0.2, 0.25) is 11.8 Å². The number of benzene rings is 1. The Labute approximate surface area is 99.0 Å². The Morgan fingerprint density at radius 2 is 1.50 bits per heavy atom. The Bertz CT molecular complexity index is 373. The summed E-state index contributed by atoms with van der Waals surface area (Å²) in [7, 11) is 0. The van der Waals surface area contributed by atoms with Crippen molar-refractivity contribution in [2.24, 2.45) is 0 Å². The van der Waals surface area contributed by atoms with Crippen LogP contribution < -0.4 is 10.6 Å². The van der Waals surface area contributed by atoms with Gasteiger partial charge in [-0.25, -0.2) is 0 Å². The van der Waals surface area contributed by atoms with E-state index in [0.29, 0.717) is 5.02 Å². The molecule has 4 nitrogen and oxygen atoms in total. The van der Waals surface area contributed by atoms with Gasteiger partial charge in [0, 0.05) is 18.9 Å². The van der Waals surface area contributed by atoms with Crippen LogP contribution in [-0.2, 0) is 9.59 Å². The molecule has 0 atom stereocenters. The van der Waals surface area contributed by atoms with Crippen molar-refractivity contribution >= 4 is 23.4 Å². The molecule has 86 valence electrons. The molecule has 16 heavy (non-hydrogen) atoms. The monoisotopic (exact) mass is 240 g/mol. The van der Waals surface area contributed by atoms with Gasteiger partial charge in [-0.1, -0.05) is 23.7 Å². The van der Waals surface area contributed by atoms with Crippen molar-refractivity contribution < 1.29 is 9.59 Å². The predicted molar refractivity (Wildman–Crippen MR) is 61.8 cm³/mol. The van der Waals surface area contributed by atoms with Gasteiger partial charge in [-0.05, 0) is 17.7 Å². The van der Waals surface area contributed by atoms with Crippen LogP contribution in [0.5, 0.6) is 0 Å². The lowest BCUT2D eigenvalue weighted by atomic mass is 10.1. The maximum Gasteiger partial charge on any atom is 0.218 e. The van der Waals surface area contributed by atoms with Gasteiger partial charge in [-0.2, -0.15) is 0 Å². The molecule has 0 saturated heterocycles. The highest BCUT2D eigenvalue weighted by Gasteiger charge is 2.12. The van der Waals surface area contributed by atoms with Crippen molar-refractivity contribution in [1.29, 1.82) is 0 Å². The number of hydrogen-bond acceptors (Lipinski definition) is 2. The van der Waals surface area contributed by atoms with Crippen LogP contribution in [0.4, 0.5) is 0 Å². The summed E-state index contributed by atoms with van der Waals surface area (Å²) in [6, 6.07) is 6.90. The molecule has 0 aliphatic rings. The molecule has 0 spiro atoms. The second-order valence-corrected chi connectivity index (χ2v) is 3.82. The highest BCUT2D eigenvalue weighted by atomic mass is 35.5. The normalized spacial score (nSPS) is 10.0. The number of hydrogen-bond donors (Lipinski definition) is 2. The number of carbonyl (C=O) groups excluding carboxylic acids is 2. The molecule has 0 heterocycles. The van der Waals surface area contributed by atoms with Gasteiger partial charge < -0.3 is 10.6 Å². The van der Waals surface area contributed by atoms with Crippen molar-refractivity contribution in [3.63, 3.8) is 0 Å². The van der Waals surface area contributed by atoms with Crippen molar-refractivity contribution in [3.05, 3.63) is 34.9 Å². The summed E-state index contributed by atoms with van der Waals surface area (Å²) in [5, 5.41) is 5.87. The van der Waals surface area contributed by atoms with E-state index in [-0.39, 0.29) is 11.8 Å². The van der Waals surface area contributed by atoms with Crippen LogP contribution in [0.3, 0.4) is 0 Å². The molecule has 2 N–H and O–H groups in total. The Morgan fingerprint density at radius 1 is 1.06 bits per heavy atom. The van der Waals surface area contributed by atoms with E-state index in [1.54, 1.807) is 24.3 Å².